The average Bonchev–Trinajstić information content (AvgIpc) is 3.52. The molecule has 3 N–H and O–H groups in total. The Bertz CT molecular complexity index is 1940. The van der Waals surface area contributed by atoms with Gasteiger partial charge in [-0.15, -0.1) is 0 Å². The topological polar surface area (TPSA) is 212 Å². The van der Waals surface area contributed by atoms with Crippen molar-refractivity contribution in [1.82, 2.24) is 0 Å². The number of fused-ring (bicyclic) bond motifs is 5. The van der Waals surface area contributed by atoms with Crippen LogP contribution in [0.25, 0.3) is 0 Å². The van der Waals surface area contributed by atoms with E-state index in [1.807, 2.05) is 0 Å². The second kappa shape index (κ2) is 20.1. The van der Waals surface area contributed by atoms with Gasteiger partial charge in [0.15, 0.2) is 24.8 Å². The number of carbonyl (C=O) groups excluding carboxylic acids is 4. The SMILES string of the molecule is COC(=O)O[C@H]1CC[C@@]2(C)C(=CC[C@@H]3C2CC[C@@]2(C)[C@H]3C[C@H](OC3OCC(O)C(OC4OCC(C)C(O)C4OC(=O)c4ccc(OC)cc4)C3OC(C)=O)[C@]2(O)[C@H](C)C(=O)CCC(C)C)C1. The van der Waals surface area contributed by atoms with E-state index >= 15 is 0 Å². The summed E-state index contributed by atoms with van der Waals surface area (Å²) in [6.07, 6.45) is -3.55. The minimum atomic E-state index is -1.68. The number of allylic oxidation sites excluding steroid dienone is 1. The minimum Gasteiger partial charge on any atom is -0.497 e. The number of aliphatic hydroxyl groups is 3. The summed E-state index contributed by atoms with van der Waals surface area (Å²) in [5.74, 6) is -1.73. The third-order valence-corrected chi connectivity index (χ3v) is 16.4. The quantitative estimate of drug-likeness (QED) is 0.109. The number of esters is 2. The van der Waals surface area contributed by atoms with Crippen molar-refractivity contribution in [3.8, 4) is 5.75 Å². The number of carbonyl (C=O) groups is 4. The third-order valence-electron chi connectivity index (χ3n) is 16.4. The first-order valence-electron chi connectivity index (χ1n) is 23.9. The van der Waals surface area contributed by atoms with Crippen LogP contribution in [0.15, 0.2) is 35.9 Å². The van der Waals surface area contributed by atoms with E-state index in [4.69, 9.17) is 42.6 Å². The van der Waals surface area contributed by atoms with E-state index in [2.05, 4.69) is 33.8 Å². The summed E-state index contributed by atoms with van der Waals surface area (Å²) in [4.78, 5) is 52.6. The lowest BCUT2D eigenvalue weighted by atomic mass is 9.46. The molecule has 0 radical (unpaired) electrons. The minimum absolute atomic E-state index is 0.0252. The molecule has 3 saturated carbocycles. The largest absolute Gasteiger partial charge is 0.508 e. The number of hydrogen-bond donors (Lipinski definition) is 3. The standard InChI is InChI=1S/C50H72O16/c1-26(2)10-17-37(52)28(4)50(57)39(23-36-34-16-13-31-22-33(63-47(56)59-9)18-20-48(31,6)35(34)19-21-49(36,50)7)64-46-43(62-29(5)51)41(38(53)25-61-46)66-45-42(40(54)27(3)24-60-45)65-44(55)30-11-14-32(58-8)15-12-30/h11-15,26-28,33-36,38-43,45-46,53-54,57H,10,16-25H2,1-9H3/t27?,28-,33+,34-,35?,36+,38?,39+,40?,41?,42?,43?,45?,46?,48+,49+,50-/m1/s1. The van der Waals surface area contributed by atoms with Gasteiger partial charge in [-0.2, -0.15) is 0 Å². The Balaban J connectivity index is 1.17. The zero-order valence-corrected chi connectivity index (χ0v) is 40.0. The van der Waals surface area contributed by atoms with Gasteiger partial charge in [0.25, 0.3) is 0 Å². The van der Waals surface area contributed by atoms with Gasteiger partial charge >= 0.3 is 18.1 Å². The molecular formula is C50H72O16. The summed E-state index contributed by atoms with van der Waals surface area (Å²) >= 11 is 0. The van der Waals surface area contributed by atoms with Crippen molar-refractivity contribution >= 4 is 23.9 Å². The Kier molecular flexibility index (Phi) is 15.3. The van der Waals surface area contributed by atoms with E-state index < -0.39 is 90.1 Å². The summed E-state index contributed by atoms with van der Waals surface area (Å²) in [7, 11) is 2.81. The first-order chi connectivity index (χ1) is 31.2. The smallest absolute Gasteiger partial charge is 0.497 e. The maximum Gasteiger partial charge on any atom is 0.508 e. The lowest BCUT2D eigenvalue weighted by Crippen LogP contribution is -2.64. The maximum atomic E-state index is 14.2. The van der Waals surface area contributed by atoms with Crippen molar-refractivity contribution in [2.75, 3.05) is 27.4 Å². The Morgan fingerprint density at radius 2 is 1.56 bits per heavy atom. The number of methoxy groups -OCH3 is 2. The van der Waals surface area contributed by atoms with Crippen LogP contribution in [0.5, 0.6) is 5.75 Å². The fourth-order valence-electron chi connectivity index (χ4n) is 12.5. The molecule has 0 aromatic heterocycles. The number of ketones is 1. The number of ether oxygens (including phenoxy) is 9. The second-order valence-corrected chi connectivity index (χ2v) is 20.7. The molecule has 66 heavy (non-hydrogen) atoms. The zero-order chi connectivity index (χ0) is 47.9. The van der Waals surface area contributed by atoms with Gasteiger partial charge in [0, 0.05) is 37.0 Å². The van der Waals surface area contributed by atoms with Crippen LogP contribution in [0.4, 0.5) is 4.79 Å². The molecule has 2 heterocycles. The lowest BCUT2D eigenvalue weighted by Gasteiger charge is -2.59. The molecule has 368 valence electrons. The Morgan fingerprint density at radius 1 is 0.864 bits per heavy atom. The van der Waals surface area contributed by atoms with Crippen LogP contribution in [0.3, 0.4) is 0 Å². The maximum absolute atomic E-state index is 14.2. The third kappa shape index (κ3) is 9.53. The van der Waals surface area contributed by atoms with E-state index in [9.17, 15) is 34.5 Å². The van der Waals surface area contributed by atoms with Crippen LogP contribution in [-0.2, 0) is 47.5 Å². The number of benzene rings is 1. The van der Waals surface area contributed by atoms with Gasteiger partial charge in [-0.3, -0.25) is 9.59 Å². The van der Waals surface area contributed by atoms with Gasteiger partial charge in [-0.1, -0.05) is 53.2 Å². The Hall–Kier alpha value is -3.64. The van der Waals surface area contributed by atoms with Crippen molar-refractivity contribution in [3.05, 3.63) is 41.5 Å². The van der Waals surface area contributed by atoms with Crippen molar-refractivity contribution in [2.45, 2.75) is 167 Å². The van der Waals surface area contributed by atoms with Crippen LogP contribution in [-0.4, -0.2) is 128 Å². The molecule has 5 fully saturated rings. The van der Waals surface area contributed by atoms with Crippen molar-refractivity contribution in [2.24, 2.45) is 46.3 Å². The molecule has 16 nitrogen and oxygen atoms in total. The van der Waals surface area contributed by atoms with Crippen molar-refractivity contribution in [1.29, 1.82) is 0 Å². The zero-order valence-electron chi connectivity index (χ0n) is 40.0. The highest BCUT2D eigenvalue weighted by molar-refractivity contribution is 5.89. The molecule has 9 unspecified atom stereocenters. The highest BCUT2D eigenvalue weighted by Crippen LogP contribution is 2.69. The lowest BCUT2D eigenvalue weighted by molar-refractivity contribution is -0.342. The second-order valence-electron chi connectivity index (χ2n) is 20.7. The van der Waals surface area contributed by atoms with Gasteiger partial charge in [-0.25, -0.2) is 9.59 Å². The fourth-order valence-corrected chi connectivity index (χ4v) is 12.5. The molecule has 2 saturated heterocycles. The van der Waals surface area contributed by atoms with E-state index in [0.717, 1.165) is 19.3 Å². The summed E-state index contributed by atoms with van der Waals surface area (Å²) in [6, 6.07) is 6.25. The highest BCUT2D eigenvalue weighted by atomic mass is 16.8. The molecule has 6 aliphatic rings. The number of hydrogen-bond acceptors (Lipinski definition) is 16. The molecule has 4 aliphatic carbocycles. The van der Waals surface area contributed by atoms with Crippen LogP contribution in [0.1, 0.15) is 117 Å². The molecule has 1 aromatic rings. The summed E-state index contributed by atoms with van der Waals surface area (Å²) in [5, 5.41) is 36.4. The van der Waals surface area contributed by atoms with Gasteiger partial charge in [0.05, 0.1) is 39.1 Å². The van der Waals surface area contributed by atoms with Crippen LogP contribution in [0, 0.1) is 46.3 Å². The van der Waals surface area contributed by atoms with Gasteiger partial charge in [0.2, 0.25) is 0 Å². The van der Waals surface area contributed by atoms with Gasteiger partial charge in [-0.05, 0) is 98.3 Å². The summed E-state index contributed by atoms with van der Waals surface area (Å²) in [6.45, 7) is 12.9. The van der Waals surface area contributed by atoms with Crippen LogP contribution >= 0.6 is 0 Å². The molecule has 0 bridgehead atoms. The number of Topliss-reactive ketones (excluding diaryl/α,β-unsaturated/α-hetero) is 1. The van der Waals surface area contributed by atoms with E-state index in [1.165, 1.54) is 38.8 Å². The molecule has 16 heteroatoms. The predicted molar refractivity (Wildman–Crippen MR) is 236 cm³/mol. The normalized spacial score (nSPS) is 40.1. The van der Waals surface area contributed by atoms with Crippen LogP contribution < -0.4 is 4.74 Å². The molecular weight excluding hydrogens is 857 g/mol. The van der Waals surface area contributed by atoms with E-state index in [0.29, 0.717) is 37.9 Å². The van der Waals surface area contributed by atoms with Gasteiger partial charge in [0.1, 0.15) is 41.5 Å². The molecule has 0 spiro atoms. The van der Waals surface area contributed by atoms with E-state index in [-0.39, 0.29) is 66.2 Å². The molecule has 17 atom stereocenters. The molecule has 0 amide bonds. The monoisotopic (exact) mass is 928 g/mol. The first kappa shape index (κ1) is 50.2. The van der Waals surface area contributed by atoms with Crippen LogP contribution in [0.2, 0.25) is 0 Å². The average molecular weight is 929 g/mol. The molecule has 2 aliphatic heterocycles. The fraction of sp³-hybridized carbons (Fsp3) is 0.760. The Morgan fingerprint density at radius 3 is 2.23 bits per heavy atom. The number of rotatable bonds is 14. The first-order valence-corrected chi connectivity index (χ1v) is 23.9. The molecule has 7 rings (SSSR count). The number of aliphatic hydroxyl groups excluding tert-OH is 2. The predicted octanol–water partition coefficient (Wildman–Crippen LogP) is 6.09. The van der Waals surface area contributed by atoms with Crippen molar-refractivity contribution < 1.29 is 77.1 Å². The molecule has 1 aromatic carbocycles. The van der Waals surface area contributed by atoms with E-state index in [1.54, 1.807) is 26.0 Å². The highest BCUT2D eigenvalue weighted by Gasteiger charge is 2.70. The Labute approximate surface area is 388 Å². The van der Waals surface area contributed by atoms with Gasteiger partial charge < -0.3 is 58.0 Å². The summed E-state index contributed by atoms with van der Waals surface area (Å²) in [5.41, 5.74) is -1.15. The van der Waals surface area contributed by atoms with Crippen molar-refractivity contribution in [3.63, 3.8) is 0 Å². The summed E-state index contributed by atoms with van der Waals surface area (Å²) < 4.78 is 52.8.